The molecule has 31 heavy (non-hydrogen) atoms. The molecule has 160 valence electrons. The number of amides is 1. The number of anilines is 3. The summed E-state index contributed by atoms with van der Waals surface area (Å²) in [5, 5.41) is 16.0. The predicted molar refractivity (Wildman–Crippen MR) is 119 cm³/mol. The maximum Gasteiger partial charge on any atom is 0.276 e. The van der Waals surface area contributed by atoms with E-state index in [4.69, 9.17) is 0 Å². The molecule has 3 aromatic rings. The van der Waals surface area contributed by atoms with Gasteiger partial charge in [0.25, 0.3) is 5.91 Å². The lowest BCUT2D eigenvalue weighted by Crippen LogP contribution is -2.30. The van der Waals surface area contributed by atoms with Crippen molar-refractivity contribution in [2.24, 2.45) is 0 Å². The SMILES string of the molecule is CNc1ccc(-c2c(O)cccc2F)nc1C(=O)Nc1cnccc1N1CCCCC1. The van der Waals surface area contributed by atoms with Crippen LogP contribution in [0.1, 0.15) is 29.8 Å². The van der Waals surface area contributed by atoms with Crippen molar-refractivity contribution in [2.45, 2.75) is 19.3 Å². The lowest BCUT2D eigenvalue weighted by Gasteiger charge is -2.30. The number of nitrogens with one attached hydrogen (secondary N) is 2. The third-order valence-electron chi connectivity index (χ3n) is 5.37. The van der Waals surface area contributed by atoms with Crippen LogP contribution in [-0.2, 0) is 0 Å². The number of pyridine rings is 2. The standard InChI is InChI=1S/C23H24FN5O2/c1-25-17-9-8-16(21-15(24)6-5-7-20(21)30)27-22(17)23(31)28-18-14-26-11-10-19(18)29-12-3-2-4-13-29/h5-11,14,25,30H,2-4,12-13H2,1H3,(H,28,31). The van der Waals surface area contributed by atoms with Crippen LogP contribution in [0.25, 0.3) is 11.3 Å². The Morgan fingerprint density at radius 2 is 1.90 bits per heavy atom. The summed E-state index contributed by atoms with van der Waals surface area (Å²) in [6.45, 7) is 1.85. The van der Waals surface area contributed by atoms with Crippen molar-refractivity contribution in [1.82, 2.24) is 9.97 Å². The molecule has 1 fully saturated rings. The summed E-state index contributed by atoms with van der Waals surface area (Å²) in [7, 11) is 1.68. The molecule has 0 bridgehead atoms. The van der Waals surface area contributed by atoms with Crippen LogP contribution in [0, 0.1) is 5.82 Å². The topological polar surface area (TPSA) is 90.4 Å². The highest BCUT2D eigenvalue weighted by molar-refractivity contribution is 6.08. The first-order chi connectivity index (χ1) is 15.1. The molecule has 0 radical (unpaired) electrons. The van der Waals surface area contributed by atoms with E-state index in [1.165, 1.54) is 24.6 Å². The van der Waals surface area contributed by atoms with E-state index < -0.39 is 11.7 Å². The molecular formula is C23H24FN5O2. The van der Waals surface area contributed by atoms with Crippen molar-refractivity contribution >= 4 is 23.0 Å². The molecule has 4 rings (SSSR count). The van der Waals surface area contributed by atoms with Crippen LogP contribution < -0.4 is 15.5 Å². The van der Waals surface area contributed by atoms with Gasteiger partial charge in [-0.25, -0.2) is 9.37 Å². The summed E-state index contributed by atoms with van der Waals surface area (Å²) in [6, 6.07) is 9.12. The Morgan fingerprint density at radius 1 is 1.10 bits per heavy atom. The van der Waals surface area contributed by atoms with Crippen molar-refractivity contribution in [1.29, 1.82) is 0 Å². The van der Waals surface area contributed by atoms with Gasteiger partial charge < -0.3 is 20.6 Å². The van der Waals surface area contributed by atoms with Crippen molar-refractivity contribution in [3.8, 4) is 17.0 Å². The van der Waals surface area contributed by atoms with Crippen molar-refractivity contribution < 1.29 is 14.3 Å². The molecule has 0 aliphatic carbocycles. The number of aromatic nitrogens is 2. The van der Waals surface area contributed by atoms with Gasteiger partial charge in [-0.3, -0.25) is 9.78 Å². The summed E-state index contributed by atoms with van der Waals surface area (Å²) < 4.78 is 14.3. The molecular weight excluding hydrogens is 397 g/mol. The van der Waals surface area contributed by atoms with Gasteiger partial charge in [-0.2, -0.15) is 0 Å². The average molecular weight is 421 g/mol. The molecule has 1 aromatic carbocycles. The fourth-order valence-electron chi connectivity index (χ4n) is 3.82. The van der Waals surface area contributed by atoms with Crippen LogP contribution in [-0.4, -0.2) is 41.1 Å². The summed E-state index contributed by atoms with van der Waals surface area (Å²) >= 11 is 0. The second-order valence-electron chi connectivity index (χ2n) is 7.37. The average Bonchev–Trinajstić information content (AvgIpc) is 2.80. The number of phenolic OH excluding ortho intramolecular Hbond substituents is 1. The number of nitrogens with zero attached hydrogens (tertiary/aromatic N) is 3. The monoisotopic (exact) mass is 421 g/mol. The molecule has 0 saturated carbocycles. The Labute approximate surface area is 180 Å². The predicted octanol–water partition coefficient (Wildman–Crippen LogP) is 4.27. The normalized spacial score (nSPS) is 13.7. The Balaban J connectivity index is 1.68. The third-order valence-corrected chi connectivity index (χ3v) is 5.37. The first kappa shape index (κ1) is 20.6. The molecule has 0 spiro atoms. The quantitative estimate of drug-likeness (QED) is 0.570. The molecule has 3 heterocycles. The third kappa shape index (κ3) is 4.28. The molecule has 3 N–H and O–H groups in total. The van der Waals surface area contributed by atoms with E-state index in [1.807, 2.05) is 6.07 Å². The Morgan fingerprint density at radius 3 is 2.65 bits per heavy atom. The summed E-state index contributed by atoms with van der Waals surface area (Å²) in [5.74, 6) is -1.31. The molecule has 2 aromatic heterocycles. The van der Waals surface area contributed by atoms with Crippen molar-refractivity contribution in [3.63, 3.8) is 0 Å². The molecule has 0 atom stereocenters. The van der Waals surface area contributed by atoms with E-state index in [0.717, 1.165) is 31.6 Å². The van der Waals surface area contributed by atoms with E-state index in [2.05, 4.69) is 25.5 Å². The molecule has 1 aliphatic rings. The second kappa shape index (κ2) is 8.99. The first-order valence-corrected chi connectivity index (χ1v) is 10.3. The molecule has 7 nitrogen and oxygen atoms in total. The number of aromatic hydroxyl groups is 1. The Kier molecular flexibility index (Phi) is 5.97. The highest BCUT2D eigenvalue weighted by Crippen LogP contribution is 2.32. The van der Waals surface area contributed by atoms with E-state index in [-0.39, 0.29) is 22.7 Å². The number of halogens is 1. The molecule has 0 unspecified atom stereocenters. The molecule has 1 saturated heterocycles. The van der Waals surface area contributed by atoms with Crippen LogP contribution >= 0.6 is 0 Å². The maximum absolute atomic E-state index is 14.3. The van der Waals surface area contributed by atoms with E-state index in [0.29, 0.717) is 11.4 Å². The van der Waals surface area contributed by atoms with Crippen LogP contribution in [0.15, 0.2) is 48.8 Å². The number of carbonyl (C=O) groups excluding carboxylic acids is 1. The minimum Gasteiger partial charge on any atom is -0.507 e. The van der Waals surface area contributed by atoms with Gasteiger partial charge in [-0.05, 0) is 49.6 Å². The lowest BCUT2D eigenvalue weighted by molar-refractivity contribution is 0.102. The van der Waals surface area contributed by atoms with Crippen LogP contribution in [0.2, 0.25) is 0 Å². The highest BCUT2D eigenvalue weighted by atomic mass is 19.1. The molecule has 1 aliphatic heterocycles. The smallest absolute Gasteiger partial charge is 0.276 e. The zero-order valence-corrected chi connectivity index (χ0v) is 17.2. The van der Waals surface area contributed by atoms with Gasteiger partial charge in [-0.1, -0.05) is 6.07 Å². The van der Waals surface area contributed by atoms with Crippen LogP contribution in [0.4, 0.5) is 21.5 Å². The van der Waals surface area contributed by atoms with Gasteiger partial charge in [0.1, 0.15) is 11.6 Å². The van der Waals surface area contributed by atoms with Crippen molar-refractivity contribution in [3.05, 3.63) is 60.3 Å². The summed E-state index contributed by atoms with van der Waals surface area (Å²) in [5.41, 5.74) is 2.21. The summed E-state index contributed by atoms with van der Waals surface area (Å²) in [4.78, 5) is 23.9. The largest absolute Gasteiger partial charge is 0.507 e. The number of rotatable bonds is 5. The number of hydrogen-bond acceptors (Lipinski definition) is 6. The zero-order chi connectivity index (χ0) is 21.8. The molecule has 1 amide bonds. The van der Waals surface area contributed by atoms with Crippen LogP contribution in [0.5, 0.6) is 5.75 Å². The lowest BCUT2D eigenvalue weighted by atomic mass is 10.1. The minimum absolute atomic E-state index is 0.0467. The van der Waals surface area contributed by atoms with Gasteiger partial charge in [0.05, 0.1) is 34.5 Å². The number of piperidine rings is 1. The number of phenols is 1. The first-order valence-electron chi connectivity index (χ1n) is 10.3. The van der Waals surface area contributed by atoms with Crippen molar-refractivity contribution in [2.75, 3.05) is 35.7 Å². The minimum atomic E-state index is -0.615. The zero-order valence-electron chi connectivity index (χ0n) is 17.2. The fraction of sp³-hybridized carbons (Fsp3) is 0.261. The van der Waals surface area contributed by atoms with E-state index >= 15 is 0 Å². The van der Waals surface area contributed by atoms with E-state index in [1.54, 1.807) is 31.6 Å². The number of benzene rings is 1. The number of carbonyl (C=O) groups is 1. The van der Waals surface area contributed by atoms with Gasteiger partial charge in [-0.15, -0.1) is 0 Å². The number of hydrogen-bond donors (Lipinski definition) is 3. The van der Waals surface area contributed by atoms with Gasteiger partial charge in [0, 0.05) is 26.3 Å². The van der Waals surface area contributed by atoms with Gasteiger partial charge in [0.2, 0.25) is 0 Å². The molecule has 8 heteroatoms. The summed E-state index contributed by atoms with van der Waals surface area (Å²) in [6.07, 6.45) is 6.74. The van der Waals surface area contributed by atoms with Crippen LogP contribution in [0.3, 0.4) is 0 Å². The fourth-order valence-corrected chi connectivity index (χ4v) is 3.82. The highest BCUT2D eigenvalue weighted by Gasteiger charge is 2.21. The van der Waals surface area contributed by atoms with Gasteiger partial charge >= 0.3 is 0 Å². The van der Waals surface area contributed by atoms with Gasteiger partial charge in [0.15, 0.2) is 5.69 Å². The Hall–Kier alpha value is -3.68. The maximum atomic E-state index is 14.3. The van der Waals surface area contributed by atoms with E-state index in [9.17, 15) is 14.3 Å². The Bertz CT molecular complexity index is 1080. The second-order valence-corrected chi connectivity index (χ2v) is 7.37.